The lowest BCUT2D eigenvalue weighted by Crippen LogP contribution is -2.13. The van der Waals surface area contributed by atoms with Crippen LogP contribution in [0.5, 0.6) is 5.75 Å². The Balaban J connectivity index is 1.50. The molecule has 0 aliphatic carbocycles. The molecule has 8 nitrogen and oxygen atoms in total. The molecular formula is C22H21F2N7O. The van der Waals surface area contributed by atoms with E-state index in [0.29, 0.717) is 17.2 Å². The van der Waals surface area contributed by atoms with Crippen molar-refractivity contribution in [2.75, 3.05) is 17.7 Å². The third-order valence-electron chi connectivity index (χ3n) is 4.74. The first-order valence-corrected chi connectivity index (χ1v) is 9.82. The first kappa shape index (κ1) is 21.2. The Hall–Kier alpha value is -4.08. The van der Waals surface area contributed by atoms with Gasteiger partial charge in [-0.25, -0.2) is 8.78 Å². The quantitative estimate of drug-likeness (QED) is 0.383. The van der Waals surface area contributed by atoms with Crippen molar-refractivity contribution in [2.24, 2.45) is 0 Å². The zero-order valence-electron chi connectivity index (χ0n) is 17.6. The van der Waals surface area contributed by atoms with Gasteiger partial charge in [-0.2, -0.15) is 20.1 Å². The summed E-state index contributed by atoms with van der Waals surface area (Å²) in [4.78, 5) is 12.9. The van der Waals surface area contributed by atoms with E-state index >= 15 is 0 Å². The maximum absolute atomic E-state index is 14.1. The van der Waals surface area contributed by atoms with Gasteiger partial charge in [0.25, 0.3) is 0 Å². The van der Waals surface area contributed by atoms with Crippen LogP contribution in [0, 0.1) is 18.6 Å². The molecule has 0 aliphatic rings. The molecule has 32 heavy (non-hydrogen) atoms. The van der Waals surface area contributed by atoms with E-state index in [4.69, 9.17) is 4.74 Å². The highest BCUT2D eigenvalue weighted by molar-refractivity contribution is 5.65. The largest absolute Gasteiger partial charge is 0.497 e. The Morgan fingerprint density at radius 3 is 2.44 bits per heavy atom. The Kier molecular flexibility index (Phi) is 5.93. The summed E-state index contributed by atoms with van der Waals surface area (Å²) in [6.07, 6.45) is 0. The van der Waals surface area contributed by atoms with Gasteiger partial charge in [0.1, 0.15) is 23.2 Å². The lowest BCUT2D eigenvalue weighted by molar-refractivity contribution is 0.415. The Morgan fingerprint density at radius 1 is 0.969 bits per heavy atom. The highest BCUT2D eigenvalue weighted by Gasteiger charge is 2.14. The highest BCUT2D eigenvalue weighted by atomic mass is 19.1. The number of aromatic nitrogens is 5. The van der Waals surface area contributed by atoms with Crippen molar-refractivity contribution in [3.05, 3.63) is 71.6 Å². The van der Waals surface area contributed by atoms with E-state index in [9.17, 15) is 8.78 Å². The van der Waals surface area contributed by atoms with Crippen molar-refractivity contribution < 1.29 is 13.5 Å². The highest BCUT2D eigenvalue weighted by Crippen LogP contribution is 2.24. The maximum atomic E-state index is 14.1. The van der Waals surface area contributed by atoms with Crippen LogP contribution < -0.4 is 15.4 Å². The molecule has 0 fully saturated rings. The van der Waals surface area contributed by atoms with Crippen LogP contribution in [0.3, 0.4) is 0 Å². The van der Waals surface area contributed by atoms with E-state index in [1.165, 1.54) is 12.1 Å². The van der Waals surface area contributed by atoms with Gasteiger partial charge in [-0.1, -0.05) is 6.07 Å². The molecule has 0 radical (unpaired) electrons. The summed E-state index contributed by atoms with van der Waals surface area (Å²) in [5.41, 5.74) is 2.05. The average molecular weight is 437 g/mol. The number of hydrogen-bond donors (Lipinski definition) is 3. The molecule has 0 bridgehead atoms. The molecule has 2 aromatic heterocycles. The molecule has 0 aliphatic heterocycles. The number of rotatable bonds is 7. The van der Waals surface area contributed by atoms with Gasteiger partial charge in [-0.3, -0.25) is 5.10 Å². The zero-order valence-corrected chi connectivity index (χ0v) is 17.6. The summed E-state index contributed by atoms with van der Waals surface area (Å²) in [6.45, 7) is 3.45. The van der Waals surface area contributed by atoms with Crippen molar-refractivity contribution >= 4 is 17.7 Å². The lowest BCUT2D eigenvalue weighted by Gasteiger charge is -2.15. The molecule has 164 valence electrons. The Bertz CT molecular complexity index is 1230. The molecule has 2 heterocycles. The van der Waals surface area contributed by atoms with Gasteiger partial charge < -0.3 is 15.4 Å². The molecule has 10 heteroatoms. The predicted molar refractivity (Wildman–Crippen MR) is 117 cm³/mol. The van der Waals surface area contributed by atoms with Crippen LogP contribution in [0.4, 0.5) is 26.5 Å². The smallest absolute Gasteiger partial charge is 0.233 e. The molecule has 1 unspecified atom stereocenters. The summed E-state index contributed by atoms with van der Waals surface area (Å²) >= 11 is 0. The monoisotopic (exact) mass is 437 g/mol. The predicted octanol–water partition coefficient (Wildman–Crippen LogP) is 4.77. The topological polar surface area (TPSA) is 101 Å². The fourth-order valence-corrected chi connectivity index (χ4v) is 3.15. The van der Waals surface area contributed by atoms with E-state index < -0.39 is 17.7 Å². The first-order valence-electron chi connectivity index (χ1n) is 9.82. The van der Waals surface area contributed by atoms with Gasteiger partial charge in [0, 0.05) is 17.7 Å². The third kappa shape index (κ3) is 4.80. The van der Waals surface area contributed by atoms with Crippen LogP contribution in [0.15, 0.2) is 48.5 Å². The summed E-state index contributed by atoms with van der Waals surface area (Å²) < 4.78 is 32.4. The SMILES string of the molecule is COc1ccc(-c2cc(Nc3nc(C)nc(NC(C)c4ccc(F)cc4F)n3)n[nH]2)cc1. The minimum Gasteiger partial charge on any atom is -0.497 e. The molecule has 0 saturated carbocycles. The second-order valence-electron chi connectivity index (χ2n) is 7.08. The molecule has 3 N–H and O–H groups in total. The summed E-state index contributed by atoms with van der Waals surface area (Å²) in [5, 5.41) is 13.3. The van der Waals surface area contributed by atoms with Crippen LogP contribution in [0.2, 0.25) is 0 Å². The summed E-state index contributed by atoms with van der Waals surface area (Å²) in [6, 6.07) is 12.3. The van der Waals surface area contributed by atoms with Crippen molar-refractivity contribution in [1.82, 2.24) is 25.1 Å². The first-order chi connectivity index (χ1) is 15.4. The van der Waals surface area contributed by atoms with Gasteiger partial charge >= 0.3 is 0 Å². The minimum atomic E-state index is -0.642. The Morgan fingerprint density at radius 2 is 1.72 bits per heavy atom. The number of halogens is 2. The van der Waals surface area contributed by atoms with Gasteiger partial charge in [-0.05, 0) is 49.7 Å². The molecule has 0 amide bonds. The van der Waals surface area contributed by atoms with Crippen LogP contribution in [-0.2, 0) is 0 Å². The van der Waals surface area contributed by atoms with E-state index in [0.717, 1.165) is 23.1 Å². The number of aryl methyl sites for hydroxylation is 1. The third-order valence-corrected chi connectivity index (χ3v) is 4.74. The number of nitrogens with one attached hydrogen (secondary N) is 3. The van der Waals surface area contributed by atoms with Crippen molar-refractivity contribution in [2.45, 2.75) is 19.9 Å². The van der Waals surface area contributed by atoms with Crippen LogP contribution in [0.25, 0.3) is 11.3 Å². The number of anilines is 3. The summed E-state index contributed by atoms with van der Waals surface area (Å²) in [5.74, 6) is 1.00. The van der Waals surface area contributed by atoms with Crippen LogP contribution in [0.1, 0.15) is 24.4 Å². The van der Waals surface area contributed by atoms with Crippen LogP contribution in [-0.4, -0.2) is 32.3 Å². The second kappa shape index (κ2) is 8.96. The molecule has 4 rings (SSSR count). The minimum absolute atomic E-state index is 0.252. The summed E-state index contributed by atoms with van der Waals surface area (Å²) in [7, 11) is 1.62. The van der Waals surface area contributed by atoms with E-state index in [-0.39, 0.29) is 11.9 Å². The molecule has 1 atom stereocenters. The van der Waals surface area contributed by atoms with Gasteiger partial charge in [0.2, 0.25) is 11.9 Å². The number of aromatic amines is 1. The number of hydrogen-bond acceptors (Lipinski definition) is 7. The van der Waals surface area contributed by atoms with E-state index in [1.807, 2.05) is 30.3 Å². The van der Waals surface area contributed by atoms with Crippen molar-refractivity contribution in [3.63, 3.8) is 0 Å². The van der Waals surface area contributed by atoms with Crippen molar-refractivity contribution in [1.29, 1.82) is 0 Å². The normalized spacial score (nSPS) is 11.8. The molecule has 0 saturated heterocycles. The fourth-order valence-electron chi connectivity index (χ4n) is 3.15. The Labute approximate surface area is 183 Å². The number of benzene rings is 2. The molecule has 0 spiro atoms. The van der Waals surface area contributed by atoms with E-state index in [2.05, 4.69) is 35.8 Å². The molecule has 2 aromatic carbocycles. The number of H-pyrrole nitrogens is 1. The van der Waals surface area contributed by atoms with Gasteiger partial charge in [0.15, 0.2) is 5.82 Å². The maximum Gasteiger partial charge on any atom is 0.233 e. The number of ether oxygens (including phenoxy) is 1. The van der Waals surface area contributed by atoms with Crippen LogP contribution >= 0.6 is 0 Å². The molecule has 4 aromatic rings. The van der Waals surface area contributed by atoms with Gasteiger partial charge in [0.05, 0.1) is 18.8 Å². The number of nitrogens with zero attached hydrogens (tertiary/aromatic N) is 4. The number of methoxy groups -OCH3 is 1. The van der Waals surface area contributed by atoms with E-state index in [1.54, 1.807) is 21.0 Å². The zero-order chi connectivity index (χ0) is 22.7. The molecular weight excluding hydrogens is 416 g/mol. The lowest BCUT2D eigenvalue weighted by atomic mass is 10.1. The van der Waals surface area contributed by atoms with Crippen molar-refractivity contribution in [3.8, 4) is 17.0 Å². The standard InChI is InChI=1S/C22H21F2N7O/c1-12(17-9-6-15(23)10-18(17)24)25-21-26-13(2)27-22(29-21)28-20-11-19(30-31-20)14-4-7-16(32-3)8-5-14/h4-12H,1-3H3,(H3,25,26,27,28,29,30,31). The fraction of sp³-hybridized carbons (Fsp3) is 0.182. The second-order valence-corrected chi connectivity index (χ2v) is 7.08. The average Bonchev–Trinajstić information content (AvgIpc) is 3.21. The van der Waals surface area contributed by atoms with Gasteiger partial charge in [-0.15, -0.1) is 0 Å².